The topological polar surface area (TPSA) is 42.2 Å². The van der Waals surface area contributed by atoms with Gasteiger partial charge in [0.15, 0.2) is 5.65 Å². The zero-order chi connectivity index (χ0) is 14.9. The molecule has 1 aliphatic heterocycles. The summed E-state index contributed by atoms with van der Waals surface area (Å²) in [7, 11) is 0. The highest BCUT2D eigenvalue weighted by molar-refractivity contribution is 8.03. The molecule has 6 heteroatoms. The zero-order valence-electron chi connectivity index (χ0n) is 11.7. The molecule has 2 aromatic heterocycles. The Hall–Kier alpha value is -2.18. The van der Waals surface area contributed by atoms with Crippen LogP contribution in [0.25, 0.3) is 23.0 Å². The van der Waals surface area contributed by atoms with Gasteiger partial charge in [-0.15, -0.1) is 11.8 Å². The maximum atomic E-state index is 13.9. The molecule has 0 spiro atoms. The number of hydrogen-bond donors (Lipinski definition) is 1. The molecule has 0 saturated carbocycles. The Bertz CT molecular complexity index is 863. The van der Waals surface area contributed by atoms with Gasteiger partial charge in [0.1, 0.15) is 5.82 Å². The molecule has 3 heterocycles. The number of nitrogens with one attached hydrogen (secondary N) is 1. The fourth-order valence-electron chi connectivity index (χ4n) is 2.44. The Morgan fingerprint density at radius 3 is 3.00 bits per heavy atom. The van der Waals surface area contributed by atoms with Crippen LogP contribution in [0.4, 0.5) is 4.39 Å². The molecule has 1 N–H and O–H groups in total. The second-order valence-corrected chi connectivity index (χ2v) is 6.09. The lowest BCUT2D eigenvalue weighted by Gasteiger charge is -2.03. The van der Waals surface area contributed by atoms with Gasteiger partial charge in [-0.3, -0.25) is 0 Å². The van der Waals surface area contributed by atoms with Crippen LogP contribution < -0.4 is 5.32 Å². The summed E-state index contributed by atoms with van der Waals surface area (Å²) >= 11 is 1.78. The van der Waals surface area contributed by atoms with Crippen molar-refractivity contribution in [2.45, 2.75) is 0 Å². The van der Waals surface area contributed by atoms with Crippen molar-refractivity contribution in [2.24, 2.45) is 0 Å². The minimum absolute atomic E-state index is 0.269. The molecule has 1 saturated heterocycles. The van der Waals surface area contributed by atoms with Crippen LogP contribution in [0.2, 0.25) is 0 Å². The van der Waals surface area contributed by atoms with Crippen LogP contribution in [-0.4, -0.2) is 27.0 Å². The third-order valence-corrected chi connectivity index (χ3v) is 4.50. The van der Waals surface area contributed by atoms with E-state index in [1.165, 1.54) is 11.0 Å². The average molecular weight is 312 g/mol. The summed E-state index contributed by atoms with van der Waals surface area (Å²) in [5.74, 6) is 0.660. The van der Waals surface area contributed by atoms with Crippen LogP contribution in [0.5, 0.6) is 0 Å². The number of fused-ring (bicyclic) bond motifs is 1. The molecule has 1 aliphatic rings. The van der Waals surface area contributed by atoms with Crippen LogP contribution in [0.1, 0.15) is 5.56 Å². The van der Waals surface area contributed by atoms with Gasteiger partial charge in [0.2, 0.25) is 0 Å². The molecule has 3 aromatic rings. The van der Waals surface area contributed by atoms with Crippen LogP contribution in [0.15, 0.2) is 47.6 Å². The van der Waals surface area contributed by atoms with Gasteiger partial charge < -0.3 is 5.32 Å². The summed E-state index contributed by atoms with van der Waals surface area (Å²) in [5.41, 5.74) is 2.80. The number of halogens is 1. The van der Waals surface area contributed by atoms with E-state index >= 15 is 0 Å². The Morgan fingerprint density at radius 1 is 1.27 bits per heavy atom. The molecule has 0 aliphatic carbocycles. The van der Waals surface area contributed by atoms with E-state index in [0.717, 1.165) is 23.6 Å². The standard InChI is InChI=1S/C16H13FN4S/c17-14-4-2-1-3-13(14)15-5-6-21-16(20-15)11(8-19-21)7-12-9-18-10-22-12/h1-8,18H,9-10H2. The second kappa shape index (κ2) is 5.55. The SMILES string of the molecule is Fc1ccccc1-c1ccn2ncc(C=C3CNCS3)c2n1. The number of hydrogen-bond acceptors (Lipinski definition) is 4. The van der Waals surface area contributed by atoms with Crippen molar-refractivity contribution in [1.82, 2.24) is 19.9 Å². The van der Waals surface area contributed by atoms with E-state index in [1.54, 1.807) is 40.7 Å². The van der Waals surface area contributed by atoms with Gasteiger partial charge in [-0.05, 0) is 24.3 Å². The van der Waals surface area contributed by atoms with Crippen LogP contribution in [0.3, 0.4) is 0 Å². The third kappa shape index (κ3) is 2.40. The van der Waals surface area contributed by atoms with Crippen molar-refractivity contribution in [1.29, 1.82) is 0 Å². The van der Waals surface area contributed by atoms with Gasteiger partial charge in [0.05, 0.1) is 11.9 Å². The summed E-state index contributed by atoms with van der Waals surface area (Å²) < 4.78 is 15.7. The summed E-state index contributed by atoms with van der Waals surface area (Å²) in [6, 6.07) is 8.45. The minimum Gasteiger partial charge on any atom is -0.303 e. The predicted octanol–water partition coefficient (Wildman–Crippen LogP) is 3.17. The first-order chi connectivity index (χ1) is 10.8. The highest BCUT2D eigenvalue weighted by Gasteiger charge is 2.11. The van der Waals surface area contributed by atoms with Crippen molar-refractivity contribution in [3.63, 3.8) is 0 Å². The monoisotopic (exact) mass is 312 g/mol. The molecule has 1 fully saturated rings. The van der Waals surface area contributed by atoms with Crippen molar-refractivity contribution < 1.29 is 4.39 Å². The fourth-order valence-corrected chi connectivity index (χ4v) is 3.25. The normalized spacial score (nSPS) is 16.7. The predicted molar refractivity (Wildman–Crippen MR) is 86.8 cm³/mol. The zero-order valence-corrected chi connectivity index (χ0v) is 12.5. The molecule has 0 atom stereocenters. The maximum absolute atomic E-state index is 13.9. The lowest BCUT2D eigenvalue weighted by atomic mass is 10.1. The van der Waals surface area contributed by atoms with E-state index in [1.807, 2.05) is 12.3 Å². The maximum Gasteiger partial charge on any atom is 0.162 e. The average Bonchev–Trinajstić information content (AvgIpc) is 3.18. The molecule has 110 valence electrons. The largest absolute Gasteiger partial charge is 0.303 e. The molecule has 4 rings (SSSR count). The summed E-state index contributed by atoms with van der Waals surface area (Å²) in [6.45, 7) is 0.870. The number of benzene rings is 1. The molecule has 0 radical (unpaired) electrons. The van der Waals surface area contributed by atoms with Gasteiger partial charge in [-0.2, -0.15) is 5.10 Å². The Kier molecular flexibility index (Phi) is 3.40. The Labute approximate surface area is 131 Å². The van der Waals surface area contributed by atoms with Gasteiger partial charge in [0, 0.05) is 34.7 Å². The molecule has 0 unspecified atom stereocenters. The fraction of sp³-hybridized carbons (Fsp3) is 0.125. The van der Waals surface area contributed by atoms with Gasteiger partial charge in [0.25, 0.3) is 0 Å². The van der Waals surface area contributed by atoms with Gasteiger partial charge >= 0.3 is 0 Å². The van der Waals surface area contributed by atoms with Gasteiger partial charge in [-0.25, -0.2) is 13.9 Å². The summed E-state index contributed by atoms with van der Waals surface area (Å²) in [6.07, 6.45) is 5.69. The van der Waals surface area contributed by atoms with Crippen molar-refractivity contribution in [3.05, 3.63) is 59.0 Å². The summed E-state index contributed by atoms with van der Waals surface area (Å²) in [4.78, 5) is 5.85. The number of aromatic nitrogens is 3. The first-order valence-corrected chi connectivity index (χ1v) is 7.93. The molecular formula is C16H13FN4S. The van der Waals surface area contributed by atoms with E-state index in [2.05, 4.69) is 21.5 Å². The number of nitrogens with zero attached hydrogens (tertiary/aromatic N) is 3. The van der Waals surface area contributed by atoms with E-state index in [4.69, 9.17) is 0 Å². The Morgan fingerprint density at radius 2 is 2.18 bits per heavy atom. The Balaban J connectivity index is 1.83. The molecule has 0 amide bonds. The van der Waals surface area contributed by atoms with E-state index in [0.29, 0.717) is 11.3 Å². The van der Waals surface area contributed by atoms with Crippen LogP contribution in [0, 0.1) is 5.82 Å². The van der Waals surface area contributed by atoms with Crippen molar-refractivity contribution >= 4 is 23.5 Å². The molecular weight excluding hydrogens is 299 g/mol. The first-order valence-electron chi connectivity index (χ1n) is 6.95. The van der Waals surface area contributed by atoms with Crippen molar-refractivity contribution in [2.75, 3.05) is 12.4 Å². The molecule has 0 bridgehead atoms. The van der Waals surface area contributed by atoms with E-state index in [-0.39, 0.29) is 5.82 Å². The van der Waals surface area contributed by atoms with E-state index < -0.39 is 0 Å². The van der Waals surface area contributed by atoms with Gasteiger partial charge in [-0.1, -0.05) is 12.1 Å². The van der Waals surface area contributed by atoms with Crippen LogP contribution >= 0.6 is 11.8 Å². The minimum atomic E-state index is -0.269. The third-order valence-electron chi connectivity index (χ3n) is 3.52. The number of rotatable bonds is 2. The smallest absolute Gasteiger partial charge is 0.162 e. The van der Waals surface area contributed by atoms with Crippen molar-refractivity contribution in [3.8, 4) is 11.3 Å². The first kappa shape index (κ1) is 13.5. The number of thioether (sulfide) groups is 1. The summed E-state index contributed by atoms with van der Waals surface area (Å²) in [5, 5.41) is 7.58. The lowest BCUT2D eigenvalue weighted by Crippen LogP contribution is -2.04. The molecule has 4 nitrogen and oxygen atoms in total. The molecule has 22 heavy (non-hydrogen) atoms. The highest BCUT2D eigenvalue weighted by atomic mass is 32.2. The molecule has 1 aromatic carbocycles. The van der Waals surface area contributed by atoms with E-state index in [9.17, 15) is 4.39 Å². The lowest BCUT2D eigenvalue weighted by molar-refractivity contribution is 0.630. The highest BCUT2D eigenvalue weighted by Crippen LogP contribution is 2.25. The quantitative estimate of drug-likeness (QED) is 0.789. The van der Waals surface area contributed by atoms with Crippen LogP contribution in [-0.2, 0) is 0 Å². The second-order valence-electron chi connectivity index (χ2n) is 4.99.